The molecule has 0 aliphatic carbocycles. The van der Waals surface area contributed by atoms with Crippen molar-refractivity contribution < 1.29 is 9.90 Å². The Bertz CT molecular complexity index is 456. The van der Waals surface area contributed by atoms with E-state index in [0.717, 1.165) is 5.56 Å². The molecule has 0 aromatic heterocycles. The van der Waals surface area contributed by atoms with Crippen molar-refractivity contribution in [3.63, 3.8) is 0 Å². The lowest BCUT2D eigenvalue weighted by atomic mass is 10.0. The fourth-order valence-corrected chi connectivity index (χ4v) is 1.75. The molecular weight excluding hydrogens is 224 g/mol. The molecule has 1 unspecified atom stereocenters. The lowest BCUT2D eigenvalue weighted by molar-refractivity contribution is -0.133. The maximum atomic E-state index is 10.9. The maximum Gasteiger partial charge on any atom is 0.352 e. The minimum atomic E-state index is -1.01. The second-order valence-electron chi connectivity index (χ2n) is 3.37. The van der Waals surface area contributed by atoms with Crippen LogP contribution in [-0.4, -0.2) is 16.2 Å². The van der Waals surface area contributed by atoms with Crippen LogP contribution in [0.3, 0.4) is 0 Å². The van der Waals surface area contributed by atoms with E-state index >= 15 is 0 Å². The molecule has 0 saturated carbocycles. The van der Waals surface area contributed by atoms with Crippen LogP contribution in [0.25, 0.3) is 0 Å². The third-order valence-electron chi connectivity index (χ3n) is 2.26. The number of carboxylic acids is 1. The summed E-state index contributed by atoms with van der Waals surface area (Å²) >= 11 is 4.95. The number of carboxylic acid groups (broad SMARTS) is 1. The summed E-state index contributed by atoms with van der Waals surface area (Å²) in [4.78, 5) is 10.9. The van der Waals surface area contributed by atoms with Gasteiger partial charge in [-0.3, -0.25) is 0 Å². The molecule has 0 radical (unpaired) electrons. The van der Waals surface area contributed by atoms with Crippen LogP contribution in [-0.2, 0) is 4.79 Å². The van der Waals surface area contributed by atoms with E-state index in [1.807, 2.05) is 30.3 Å². The monoisotopic (exact) mass is 234 g/mol. The number of rotatable bonds is 2. The number of aliphatic carboxylic acids is 1. The Labute approximate surface area is 98.0 Å². The summed E-state index contributed by atoms with van der Waals surface area (Å²) in [7, 11) is 0. The summed E-state index contributed by atoms with van der Waals surface area (Å²) in [5, 5.41) is 14.8. The van der Waals surface area contributed by atoms with Crippen LogP contribution < -0.4 is 10.6 Å². The van der Waals surface area contributed by atoms with E-state index in [1.165, 1.54) is 0 Å². The van der Waals surface area contributed by atoms with Crippen LogP contribution in [0.5, 0.6) is 0 Å². The highest BCUT2D eigenvalue weighted by molar-refractivity contribution is 7.80. The van der Waals surface area contributed by atoms with E-state index in [1.54, 1.807) is 6.08 Å². The first-order chi connectivity index (χ1) is 7.66. The molecule has 1 aromatic carbocycles. The van der Waals surface area contributed by atoms with Gasteiger partial charge >= 0.3 is 5.97 Å². The van der Waals surface area contributed by atoms with Crippen LogP contribution in [0.1, 0.15) is 11.6 Å². The van der Waals surface area contributed by atoms with Crippen molar-refractivity contribution in [2.75, 3.05) is 0 Å². The lowest BCUT2D eigenvalue weighted by Crippen LogP contribution is -2.43. The van der Waals surface area contributed by atoms with E-state index in [2.05, 4.69) is 10.6 Å². The predicted octanol–water partition coefficient (Wildman–Crippen LogP) is 1.17. The van der Waals surface area contributed by atoms with E-state index in [9.17, 15) is 4.79 Å². The van der Waals surface area contributed by atoms with Crippen molar-refractivity contribution in [2.45, 2.75) is 6.04 Å². The van der Waals surface area contributed by atoms with Crippen molar-refractivity contribution in [1.29, 1.82) is 0 Å². The van der Waals surface area contributed by atoms with Gasteiger partial charge in [0.1, 0.15) is 5.70 Å². The molecule has 82 valence electrons. The fourth-order valence-electron chi connectivity index (χ4n) is 1.51. The molecule has 1 aliphatic heterocycles. The molecule has 3 N–H and O–H groups in total. The number of carbonyl (C=O) groups is 1. The Morgan fingerprint density at radius 1 is 1.31 bits per heavy atom. The largest absolute Gasteiger partial charge is 0.477 e. The van der Waals surface area contributed by atoms with Crippen LogP contribution >= 0.6 is 12.2 Å². The number of nitrogens with one attached hydrogen (secondary N) is 2. The van der Waals surface area contributed by atoms with Crippen LogP contribution in [0.2, 0.25) is 0 Å². The molecule has 1 atom stereocenters. The highest BCUT2D eigenvalue weighted by Crippen LogP contribution is 2.17. The summed E-state index contributed by atoms with van der Waals surface area (Å²) in [5.74, 6) is -1.01. The fraction of sp³-hybridized carbons (Fsp3) is 0.0909. The second-order valence-corrected chi connectivity index (χ2v) is 3.78. The highest BCUT2D eigenvalue weighted by Gasteiger charge is 2.20. The molecule has 2 rings (SSSR count). The van der Waals surface area contributed by atoms with Gasteiger partial charge in [-0.05, 0) is 23.9 Å². The summed E-state index contributed by atoms with van der Waals surface area (Å²) < 4.78 is 0. The quantitative estimate of drug-likeness (QED) is 0.671. The first-order valence-corrected chi connectivity index (χ1v) is 5.15. The Balaban J connectivity index is 2.32. The van der Waals surface area contributed by atoms with Crippen molar-refractivity contribution in [3.8, 4) is 0 Å². The van der Waals surface area contributed by atoms with Gasteiger partial charge in [0, 0.05) is 0 Å². The van der Waals surface area contributed by atoms with Crippen molar-refractivity contribution >= 4 is 23.3 Å². The zero-order valence-electron chi connectivity index (χ0n) is 8.31. The molecule has 1 aromatic rings. The SMILES string of the molecule is O=C(O)C1=CC(c2ccccc2)NC(=S)N1. The molecule has 0 bridgehead atoms. The molecule has 16 heavy (non-hydrogen) atoms. The molecule has 0 spiro atoms. The average molecular weight is 234 g/mol. The second kappa shape index (κ2) is 4.32. The predicted molar refractivity (Wildman–Crippen MR) is 63.8 cm³/mol. The van der Waals surface area contributed by atoms with Gasteiger partial charge in [-0.1, -0.05) is 30.3 Å². The Morgan fingerprint density at radius 3 is 2.62 bits per heavy atom. The van der Waals surface area contributed by atoms with Crippen molar-refractivity contribution in [2.24, 2.45) is 0 Å². The first kappa shape index (κ1) is 10.6. The van der Waals surface area contributed by atoms with Crippen LogP contribution in [0, 0.1) is 0 Å². The first-order valence-electron chi connectivity index (χ1n) is 4.74. The molecule has 5 heteroatoms. The smallest absolute Gasteiger partial charge is 0.352 e. The summed E-state index contributed by atoms with van der Waals surface area (Å²) in [6.07, 6.45) is 1.60. The molecule has 0 saturated heterocycles. The Hall–Kier alpha value is -1.88. The third-order valence-corrected chi connectivity index (χ3v) is 2.48. The normalized spacial score (nSPS) is 19.4. The van der Waals surface area contributed by atoms with Gasteiger partial charge in [0.25, 0.3) is 0 Å². The zero-order chi connectivity index (χ0) is 11.5. The topological polar surface area (TPSA) is 61.4 Å². The zero-order valence-corrected chi connectivity index (χ0v) is 9.12. The van der Waals surface area contributed by atoms with Crippen molar-refractivity contribution in [3.05, 3.63) is 47.7 Å². The summed E-state index contributed by atoms with van der Waals surface area (Å²) in [6.45, 7) is 0. The molecule has 0 fully saturated rings. The van der Waals surface area contributed by atoms with Gasteiger partial charge < -0.3 is 15.7 Å². The summed E-state index contributed by atoms with van der Waals surface area (Å²) in [6, 6.07) is 9.35. The minimum absolute atomic E-state index is 0.109. The third kappa shape index (κ3) is 2.20. The van der Waals surface area contributed by atoms with Crippen molar-refractivity contribution in [1.82, 2.24) is 10.6 Å². The van der Waals surface area contributed by atoms with Gasteiger partial charge in [0.2, 0.25) is 0 Å². The number of benzene rings is 1. The number of hydrogen-bond acceptors (Lipinski definition) is 2. The molecular formula is C11H10N2O2S. The standard InChI is InChI=1S/C11H10N2O2S/c14-10(15)9-6-8(12-11(16)13-9)7-4-2-1-3-5-7/h1-6,8H,(H,14,15)(H2,12,13,16). The Kier molecular flexibility index (Phi) is 2.87. The Morgan fingerprint density at radius 2 is 2.00 bits per heavy atom. The van der Waals surface area contributed by atoms with Crippen LogP contribution in [0.15, 0.2) is 42.1 Å². The van der Waals surface area contributed by atoms with E-state index < -0.39 is 5.97 Å². The minimum Gasteiger partial charge on any atom is -0.477 e. The van der Waals surface area contributed by atoms with Gasteiger partial charge in [-0.2, -0.15) is 0 Å². The van der Waals surface area contributed by atoms with Gasteiger partial charge in [0.05, 0.1) is 6.04 Å². The van der Waals surface area contributed by atoms with Gasteiger partial charge in [-0.15, -0.1) is 0 Å². The summed E-state index contributed by atoms with van der Waals surface area (Å²) in [5.41, 5.74) is 1.09. The highest BCUT2D eigenvalue weighted by atomic mass is 32.1. The van der Waals surface area contributed by atoms with E-state index in [0.29, 0.717) is 5.11 Å². The molecule has 0 amide bonds. The van der Waals surface area contributed by atoms with Gasteiger partial charge in [-0.25, -0.2) is 4.79 Å². The molecule has 1 aliphatic rings. The van der Waals surface area contributed by atoms with E-state index in [-0.39, 0.29) is 11.7 Å². The molecule has 4 nitrogen and oxygen atoms in total. The number of thiocarbonyl (C=S) groups is 1. The van der Waals surface area contributed by atoms with Gasteiger partial charge in [0.15, 0.2) is 5.11 Å². The maximum absolute atomic E-state index is 10.9. The molecule has 1 heterocycles. The number of hydrogen-bond donors (Lipinski definition) is 3. The van der Waals surface area contributed by atoms with Crippen LogP contribution in [0.4, 0.5) is 0 Å². The lowest BCUT2D eigenvalue weighted by Gasteiger charge is -2.24. The van der Waals surface area contributed by atoms with E-state index in [4.69, 9.17) is 17.3 Å². The average Bonchev–Trinajstić information content (AvgIpc) is 2.29.